The van der Waals surface area contributed by atoms with Crippen LogP contribution in [-0.2, 0) is 9.53 Å². The third-order valence-electron chi connectivity index (χ3n) is 2.58. The minimum atomic E-state index is -1.06. The van der Waals surface area contributed by atoms with Crippen LogP contribution in [0.4, 0.5) is 5.69 Å². The van der Waals surface area contributed by atoms with Crippen molar-refractivity contribution < 1.29 is 9.53 Å². The molecule has 1 fully saturated rings. The SMILES string of the molecule is CO[C@]1(C)NC(=S)N(c2ccccc2)C1=O. The zero-order valence-corrected chi connectivity index (χ0v) is 9.88. The summed E-state index contributed by atoms with van der Waals surface area (Å²) in [7, 11) is 1.47. The molecule has 0 aliphatic carbocycles. The molecule has 1 aliphatic rings. The Morgan fingerprint density at radius 1 is 1.38 bits per heavy atom. The molecule has 1 amide bonds. The fraction of sp³-hybridized carbons (Fsp3) is 0.273. The lowest BCUT2D eigenvalue weighted by atomic mass is 10.2. The summed E-state index contributed by atoms with van der Waals surface area (Å²) in [6.45, 7) is 1.66. The molecule has 1 N–H and O–H groups in total. The van der Waals surface area contributed by atoms with Crippen molar-refractivity contribution in [3.8, 4) is 0 Å². The molecule has 16 heavy (non-hydrogen) atoms. The number of amides is 1. The zero-order valence-electron chi connectivity index (χ0n) is 9.06. The monoisotopic (exact) mass is 236 g/mol. The van der Waals surface area contributed by atoms with Gasteiger partial charge < -0.3 is 10.1 Å². The van der Waals surface area contributed by atoms with Gasteiger partial charge in [-0.25, -0.2) is 0 Å². The number of para-hydroxylation sites is 1. The Morgan fingerprint density at radius 3 is 2.50 bits per heavy atom. The summed E-state index contributed by atoms with van der Waals surface area (Å²) >= 11 is 5.13. The van der Waals surface area contributed by atoms with Crippen LogP contribution in [0.2, 0.25) is 0 Å². The van der Waals surface area contributed by atoms with Gasteiger partial charge in [0.05, 0.1) is 5.69 Å². The summed E-state index contributed by atoms with van der Waals surface area (Å²) in [5, 5.41) is 3.23. The van der Waals surface area contributed by atoms with E-state index in [9.17, 15) is 4.79 Å². The van der Waals surface area contributed by atoms with E-state index in [4.69, 9.17) is 17.0 Å². The van der Waals surface area contributed by atoms with Gasteiger partial charge in [0.1, 0.15) is 0 Å². The number of hydrogen-bond acceptors (Lipinski definition) is 3. The normalized spacial score (nSPS) is 24.8. The van der Waals surface area contributed by atoms with E-state index in [1.165, 1.54) is 12.0 Å². The average molecular weight is 236 g/mol. The molecule has 1 aromatic rings. The highest BCUT2D eigenvalue weighted by molar-refractivity contribution is 7.80. The Hall–Kier alpha value is -1.46. The molecule has 1 aromatic carbocycles. The van der Waals surface area contributed by atoms with Gasteiger partial charge in [0, 0.05) is 7.11 Å². The molecule has 1 aliphatic heterocycles. The molecule has 0 bridgehead atoms. The molecule has 0 spiro atoms. The van der Waals surface area contributed by atoms with Crippen molar-refractivity contribution in [2.24, 2.45) is 0 Å². The number of thiocarbonyl (C=S) groups is 1. The first-order chi connectivity index (χ1) is 7.58. The predicted octanol–water partition coefficient (Wildman–Crippen LogP) is 1.27. The molecule has 84 valence electrons. The van der Waals surface area contributed by atoms with E-state index in [1.54, 1.807) is 6.92 Å². The van der Waals surface area contributed by atoms with Crippen LogP contribution in [0.1, 0.15) is 6.92 Å². The van der Waals surface area contributed by atoms with Gasteiger partial charge in [0.2, 0.25) is 5.72 Å². The average Bonchev–Trinajstić information content (AvgIpc) is 2.52. The summed E-state index contributed by atoms with van der Waals surface area (Å²) in [6, 6.07) is 9.25. The number of ether oxygens (including phenoxy) is 1. The quantitative estimate of drug-likeness (QED) is 0.785. The molecule has 0 radical (unpaired) electrons. The molecular formula is C11H12N2O2S. The Balaban J connectivity index is 2.38. The largest absolute Gasteiger partial charge is 0.351 e. The summed E-state index contributed by atoms with van der Waals surface area (Å²) < 4.78 is 5.14. The van der Waals surface area contributed by atoms with Crippen LogP contribution in [-0.4, -0.2) is 23.9 Å². The van der Waals surface area contributed by atoms with E-state index in [-0.39, 0.29) is 5.91 Å². The van der Waals surface area contributed by atoms with E-state index in [0.717, 1.165) is 5.69 Å². The minimum absolute atomic E-state index is 0.203. The first kappa shape index (κ1) is 11.0. The van der Waals surface area contributed by atoms with Crippen molar-refractivity contribution in [3.63, 3.8) is 0 Å². The first-order valence-electron chi connectivity index (χ1n) is 4.85. The zero-order chi connectivity index (χ0) is 11.8. The Bertz CT molecular complexity index is 435. The number of nitrogens with one attached hydrogen (secondary N) is 1. The summed E-state index contributed by atoms with van der Waals surface area (Å²) in [6.07, 6.45) is 0. The summed E-state index contributed by atoms with van der Waals surface area (Å²) in [4.78, 5) is 13.6. The van der Waals surface area contributed by atoms with Crippen LogP contribution in [0, 0.1) is 0 Å². The molecule has 0 unspecified atom stereocenters. The van der Waals surface area contributed by atoms with Crippen LogP contribution < -0.4 is 10.2 Å². The number of hydrogen-bond donors (Lipinski definition) is 1. The standard InChI is InChI=1S/C11H12N2O2S/c1-11(15-2)9(14)13(10(16)12-11)8-6-4-3-5-7-8/h3-7H,1-2H3,(H,12,16)/t11-/m0/s1. The highest BCUT2D eigenvalue weighted by Gasteiger charge is 2.46. The van der Waals surface area contributed by atoms with E-state index in [1.807, 2.05) is 30.3 Å². The maximum atomic E-state index is 12.1. The number of nitrogens with zero attached hydrogens (tertiary/aromatic N) is 1. The Labute approximate surface area is 99.2 Å². The van der Waals surface area contributed by atoms with Gasteiger partial charge in [-0.15, -0.1) is 0 Å². The number of carbonyl (C=O) groups excluding carboxylic acids is 1. The molecule has 0 saturated carbocycles. The van der Waals surface area contributed by atoms with Gasteiger partial charge in [-0.2, -0.15) is 0 Å². The van der Waals surface area contributed by atoms with Crippen LogP contribution in [0.5, 0.6) is 0 Å². The molecule has 2 rings (SSSR count). The lowest BCUT2D eigenvalue weighted by Gasteiger charge is -2.19. The molecule has 1 saturated heterocycles. The van der Waals surface area contributed by atoms with E-state index < -0.39 is 5.72 Å². The molecule has 4 nitrogen and oxygen atoms in total. The lowest BCUT2D eigenvalue weighted by Crippen LogP contribution is -2.45. The van der Waals surface area contributed by atoms with Crippen molar-refractivity contribution in [1.82, 2.24) is 5.32 Å². The van der Waals surface area contributed by atoms with Gasteiger partial charge >= 0.3 is 0 Å². The van der Waals surface area contributed by atoms with Crippen molar-refractivity contribution in [2.45, 2.75) is 12.6 Å². The fourth-order valence-corrected chi connectivity index (χ4v) is 1.95. The Kier molecular flexibility index (Phi) is 2.65. The van der Waals surface area contributed by atoms with Crippen LogP contribution in [0.25, 0.3) is 0 Å². The molecule has 0 aromatic heterocycles. The second-order valence-electron chi connectivity index (χ2n) is 3.64. The second kappa shape index (κ2) is 3.84. The molecule has 1 atom stereocenters. The number of carbonyl (C=O) groups is 1. The van der Waals surface area contributed by atoms with Crippen LogP contribution in [0.15, 0.2) is 30.3 Å². The fourth-order valence-electron chi connectivity index (χ4n) is 1.57. The molecule has 1 heterocycles. The number of methoxy groups -OCH3 is 1. The lowest BCUT2D eigenvalue weighted by molar-refractivity contribution is -0.136. The van der Waals surface area contributed by atoms with Gasteiger partial charge in [0.25, 0.3) is 5.91 Å². The third kappa shape index (κ3) is 1.58. The van der Waals surface area contributed by atoms with E-state index >= 15 is 0 Å². The number of benzene rings is 1. The maximum absolute atomic E-state index is 12.1. The maximum Gasteiger partial charge on any atom is 0.286 e. The first-order valence-corrected chi connectivity index (χ1v) is 5.26. The van der Waals surface area contributed by atoms with Gasteiger partial charge in [0.15, 0.2) is 5.11 Å². The van der Waals surface area contributed by atoms with Crippen molar-refractivity contribution in [3.05, 3.63) is 30.3 Å². The van der Waals surface area contributed by atoms with Crippen molar-refractivity contribution in [1.29, 1.82) is 0 Å². The van der Waals surface area contributed by atoms with Crippen molar-refractivity contribution in [2.75, 3.05) is 12.0 Å². The molecular weight excluding hydrogens is 224 g/mol. The molecule has 5 heteroatoms. The van der Waals surface area contributed by atoms with Gasteiger partial charge in [-0.1, -0.05) is 18.2 Å². The highest BCUT2D eigenvalue weighted by Crippen LogP contribution is 2.24. The van der Waals surface area contributed by atoms with E-state index in [0.29, 0.717) is 5.11 Å². The number of anilines is 1. The Morgan fingerprint density at radius 2 is 2.00 bits per heavy atom. The highest BCUT2D eigenvalue weighted by atomic mass is 32.1. The van der Waals surface area contributed by atoms with E-state index in [2.05, 4.69) is 5.32 Å². The predicted molar refractivity (Wildman–Crippen MR) is 65.1 cm³/mol. The smallest absolute Gasteiger partial charge is 0.286 e. The summed E-state index contributed by atoms with van der Waals surface area (Å²) in [5.41, 5.74) is -0.321. The topological polar surface area (TPSA) is 41.6 Å². The third-order valence-corrected chi connectivity index (χ3v) is 2.87. The van der Waals surface area contributed by atoms with Crippen LogP contribution >= 0.6 is 12.2 Å². The minimum Gasteiger partial charge on any atom is -0.351 e. The number of rotatable bonds is 2. The van der Waals surface area contributed by atoms with Gasteiger partial charge in [-0.3, -0.25) is 9.69 Å². The van der Waals surface area contributed by atoms with Crippen molar-refractivity contribution >= 4 is 28.9 Å². The summed E-state index contributed by atoms with van der Waals surface area (Å²) in [5.74, 6) is -0.203. The van der Waals surface area contributed by atoms with Crippen LogP contribution in [0.3, 0.4) is 0 Å². The second-order valence-corrected chi connectivity index (χ2v) is 4.03. The van der Waals surface area contributed by atoms with Gasteiger partial charge in [-0.05, 0) is 31.3 Å².